The molecule has 3 heterocycles. The topological polar surface area (TPSA) is 68.7 Å². The third-order valence-corrected chi connectivity index (χ3v) is 5.49. The fourth-order valence-corrected chi connectivity index (χ4v) is 4.13. The van der Waals surface area contributed by atoms with Gasteiger partial charge in [0.25, 0.3) is 5.91 Å². The number of likely N-dealkylation sites (N-methyl/N-ethyl adjacent to an activating group) is 1. The Bertz CT molecular complexity index is 829. The fraction of sp³-hybridized carbons (Fsp3) is 0.500. The van der Waals surface area contributed by atoms with Crippen molar-refractivity contribution in [1.82, 2.24) is 14.7 Å². The molecule has 9 heteroatoms. The molecule has 0 saturated carbocycles. The molecular formula is C18H22ClN5O3. The van der Waals surface area contributed by atoms with Crippen LogP contribution in [0.15, 0.2) is 23.2 Å². The quantitative estimate of drug-likeness (QED) is 0.783. The number of anilines is 1. The molecule has 0 bridgehead atoms. The maximum Gasteiger partial charge on any atom is 0.328 e. The van der Waals surface area contributed by atoms with Crippen molar-refractivity contribution in [1.29, 1.82) is 0 Å². The molecule has 3 amide bonds. The first-order valence-corrected chi connectivity index (χ1v) is 9.39. The Hall–Kier alpha value is -2.48. The van der Waals surface area contributed by atoms with Gasteiger partial charge in [-0.05, 0) is 24.6 Å². The lowest BCUT2D eigenvalue weighted by atomic mass is 10.1. The van der Waals surface area contributed by atoms with E-state index in [1.54, 1.807) is 25.1 Å². The van der Waals surface area contributed by atoms with E-state index in [1.807, 2.05) is 28.9 Å². The van der Waals surface area contributed by atoms with Crippen LogP contribution in [0, 0.1) is 0 Å². The molecular weight excluding hydrogens is 370 g/mol. The van der Waals surface area contributed by atoms with Crippen molar-refractivity contribution >= 4 is 35.2 Å². The summed E-state index contributed by atoms with van der Waals surface area (Å²) < 4.78 is 5.47. The SMILES string of the molecule is CCCN1C(=O)C2C(N=C3N(c4cc(Cl)ccc4OC)CCN32)N(C)C1=O. The number of hydrogen-bond acceptors (Lipinski definition) is 6. The maximum atomic E-state index is 13.0. The summed E-state index contributed by atoms with van der Waals surface area (Å²) in [6, 6.07) is 4.64. The number of hydrogen-bond donors (Lipinski definition) is 0. The van der Waals surface area contributed by atoms with E-state index in [9.17, 15) is 9.59 Å². The second-order valence-corrected chi connectivity index (χ2v) is 7.27. The van der Waals surface area contributed by atoms with Crippen molar-refractivity contribution in [3.8, 4) is 5.75 Å². The lowest BCUT2D eigenvalue weighted by Gasteiger charge is -2.40. The van der Waals surface area contributed by atoms with Crippen molar-refractivity contribution in [2.75, 3.05) is 38.7 Å². The van der Waals surface area contributed by atoms with Crippen LogP contribution >= 0.6 is 11.6 Å². The highest BCUT2D eigenvalue weighted by Crippen LogP contribution is 2.37. The van der Waals surface area contributed by atoms with Gasteiger partial charge in [0, 0.05) is 31.7 Å². The van der Waals surface area contributed by atoms with Gasteiger partial charge in [-0.2, -0.15) is 0 Å². The second-order valence-electron chi connectivity index (χ2n) is 6.83. The minimum atomic E-state index is -0.513. The van der Waals surface area contributed by atoms with Gasteiger partial charge in [-0.3, -0.25) is 9.69 Å². The van der Waals surface area contributed by atoms with Gasteiger partial charge in [-0.15, -0.1) is 0 Å². The van der Waals surface area contributed by atoms with Gasteiger partial charge in [-0.25, -0.2) is 9.79 Å². The van der Waals surface area contributed by atoms with Gasteiger partial charge in [0.05, 0.1) is 12.8 Å². The fourth-order valence-electron chi connectivity index (χ4n) is 3.97. The molecule has 3 aliphatic rings. The van der Waals surface area contributed by atoms with E-state index in [4.69, 9.17) is 21.3 Å². The van der Waals surface area contributed by atoms with E-state index in [0.717, 1.165) is 12.1 Å². The summed E-state index contributed by atoms with van der Waals surface area (Å²) in [7, 11) is 3.31. The van der Waals surface area contributed by atoms with E-state index >= 15 is 0 Å². The summed E-state index contributed by atoms with van der Waals surface area (Å²) in [6.45, 7) is 3.67. The number of ether oxygens (including phenoxy) is 1. The molecule has 0 aliphatic carbocycles. The van der Waals surface area contributed by atoms with Crippen LogP contribution in [-0.2, 0) is 4.79 Å². The lowest BCUT2D eigenvalue weighted by molar-refractivity contribution is -0.137. The van der Waals surface area contributed by atoms with E-state index in [0.29, 0.717) is 36.4 Å². The summed E-state index contributed by atoms with van der Waals surface area (Å²) >= 11 is 6.19. The lowest BCUT2D eigenvalue weighted by Crippen LogP contribution is -2.64. The summed E-state index contributed by atoms with van der Waals surface area (Å²) in [5.74, 6) is 1.18. The summed E-state index contributed by atoms with van der Waals surface area (Å²) in [5.41, 5.74) is 0.803. The summed E-state index contributed by atoms with van der Waals surface area (Å²) in [5, 5.41) is 0.595. The second kappa shape index (κ2) is 6.60. The number of carbonyl (C=O) groups excluding carboxylic acids is 2. The van der Waals surface area contributed by atoms with Crippen LogP contribution in [0.1, 0.15) is 13.3 Å². The number of imide groups is 1. The Morgan fingerprint density at radius 1 is 1.30 bits per heavy atom. The molecule has 1 aromatic rings. The molecule has 27 heavy (non-hydrogen) atoms. The molecule has 1 aromatic carbocycles. The number of rotatable bonds is 4. The van der Waals surface area contributed by atoms with Gasteiger partial charge in [0.2, 0.25) is 5.96 Å². The number of urea groups is 1. The average molecular weight is 392 g/mol. The molecule has 4 rings (SSSR count). The number of nitrogens with zero attached hydrogens (tertiary/aromatic N) is 5. The number of aliphatic imine (C=N–C) groups is 1. The maximum absolute atomic E-state index is 13.0. The van der Waals surface area contributed by atoms with Crippen molar-refractivity contribution in [3.63, 3.8) is 0 Å². The summed E-state index contributed by atoms with van der Waals surface area (Å²) in [6.07, 6.45) is 0.212. The Kier molecular flexibility index (Phi) is 4.38. The molecule has 3 aliphatic heterocycles. The van der Waals surface area contributed by atoms with Crippen molar-refractivity contribution in [2.24, 2.45) is 4.99 Å². The van der Waals surface area contributed by atoms with Gasteiger partial charge >= 0.3 is 6.03 Å². The Morgan fingerprint density at radius 3 is 2.78 bits per heavy atom. The van der Waals surface area contributed by atoms with E-state index in [-0.39, 0.29) is 11.9 Å². The molecule has 144 valence electrons. The molecule has 8 nitrogen and oxygen atoms in total. The number of amides is 3. The molecule has 2 atom stereocenters. The van der Waals surface area contributed by atoms with Crippen molar-refractivity contribution in [3.05, 3.63) is 23.2 Å². The monoisotopic (exact) mass is 391 g/mol. The number of guanidine groups is 1. The smallest absolute Gasteiger partial charge is 0.328 e. The largest absolute Gasteiger partial charge is 0.495 e. The first kappa shape index (κ1) is 17.9. The Labute approximate surface area is 162 Å². The van der Waals surface area contributed by atoms with Crippen LogP contribution in [0.3, 0.4) is 0 Å². The van der Waals surface area contributed by atoms with Crippen LogP contribution in [0.5, 0.6) is 5.75 Å². The highest BCUT2D eigenvalue weighted by Gasteiger charge is 2.54. The number of benzene rings is 1. The molecule has 0 spiro atoms. The van der Waals surface area contributed by atoms with Crippen LogP contribution in [0.2, 0.25) is 5.02 Å². The van der Waals surface area contributed by atoms with Crippen LogP contribution < -0.4 is 9.64 Å². The minimum Gasteiger partial charge on any atom is -0.495 e. The Balaban J connectivity index is 1.70. The van der Waals surface area contributed by atoms with Crippen LogP contribution in [-0.4, -0.2) is 78.6 Å². The van der Waals surface area contributed by atoms with E-state index in [1.165, 1.54) is 4.90 Å². The zero-order chi connectivity index (χ0) is 19.3. The zero-order valence-electron chi connectivity index (χ0n) is 15.6. The first-order valence-electron chi connectivity index (χ1n) is 9.01. The number of fused-ring (bicyclic) bond motifs is 3. The number of methoxy groups -OCH3 is 1. The summed E-state index contributed by atoms with van der Waals surface area (Å²) in [4.78, 5) is 37.2. The van der Waals surface area contributed by atoms with Crippen molar-refractivity contribution in [2.45, 2.75) is 25.6 Å². The van der Waals surface area contributed by atoms with Gasteiger partial charge < -0.3 is 19.4 Å². The minimum absolute atomic E-state index is 0.177. The molecule has 0 N–H and O–H groups in total. The van der Waals surface area contributed by atoms with Gasteiger partial charge in [0.15, 0.2) is 12.2 Å². The first-order chi connectivity index (χ1) is 13.0. The van der Waals surface area contributed by atoms with E-state index in [2.05, 4.69) is 0 Å². The predicted molar refractivity (Wildman–Crippen MR) is 102 cm³/mol. The van der Waals surface area contributed by atoms with E-state index < -0.39 is 12.2 Å². The standard InChI is InChI=1S/C18H22ClN5O3/c1-4-7-24-16(25)14-15(21(2)18(24)26)20-17-22(8-9-23(14)17)12-10-11(19)5-6-13(12)27-3/h5-6,10,14-15H,4,7-9H2,1-3H3. The zero-order valence-corrected chi connectivity index (χ0v) is 16.3. The highest BCUT2D eigenvalue weighted by atomic mass is 35.5. The molecule has 0 aromatic heterocycles. The molecule has 0 radical (unpaired) electrons. The molecule has 2 fully saturated rings. The third kappa shape index (κ3) is 2.62. The normalized spacial score (nSPS) is 24.4. The van der Waals surface area contributed by atoms with Gasteiger partial charge in [-0.1, -0.05) is 18.5 Å². The molecule has 2 saturated heterocycles. The number of carbonyl (C=O) groups is 2. The van der Waals surface area contributed by atoms with Crippen LogP contribution in [0.25, 0.3) is 0 Å². The third-order valence-electron chi connectivity index (χ3n) is 5.26. The molecule has 2 unspecified atom stereocenters. The number of halogens is 1. The van der Waals surface area contributed by atoms with Crippen LogP contribution in [0.4, 0.5) is 10.5 Å². The highest BCUT2D eigenvalue weighted by molar-refractivity contribution is 6.31. The average Bonchev–Trinajstić information content (AvgIpc) is 3.22. The van der Waals surface area contributed by atoms with Crippen molar-refractivity contribution < 1.29 is 14.3 Å². The predicted octanol–water partition coefficient (Wildman–Crippen LogP) is 1.84. The Morgan fingerprint density at radius 2 is 2.07 bits per heavy atom. The van der Waals surface area contributed by atoms with Gasteiger partial charge in [0.1, 0.15) is 5.75 Å².